The molecular weight excluding hydrogens is 880 g/mol. The number of amides is 7. The summed E-state index contributed by atoms with van der Waals surface area (Å²) in [6, 6.07) is 1.30. The third-order valence-corrected chi connectivity index (χ3v) is 14.2. The minimum Gasteiger partial charge on any atom is -0.480 e. The van der Waals surface area contributed by atoms with Crippen molar-refractivity contribution < 1.29 is 57.3 Å². The molecule has 1 aromatic carbocycles. The molecule has 0 bridgehead atoms. The average Bonchev–Trinajstić information content (AvgIpc) is 3.84. The van der Waals surface area contributed by atoms with Gasteiger partial charge < -0.3 is 39.9 Å². The molecule has 1 aliphatic carbocycles. The Hall–Kier alpha value is -5.23. The van der Waals surface area contributed by atoms with E-state index in [0.29, 0.717) is 32.1 Å². The van der Waals surface area contributed by atoms with Gasteiger partial charge in [0.15, 0.2) is 0 Å². The van der Waals surface area contributed by atoms with E-state index in [1.165, 1.54) is 49.5 Å². The molecule has 378 valence electrons. The predicted molar refractivity (Wildman–Crippen MR) is 251 cm³/mol. The summed E-state index contributed by atoms with van der Waals surface area (Å²) < 4.78 is 26.4. The van der Waals surface area contributed by atoms with Gasteiger partial charge in [0.1, 0.15) is 23.9 Å². The van der Waals surface area contributed by atoms with Crippen LogP contribution in [0.2, 0.25) is 0 Å². The number of rotatable bonds is 27. The van der Waals surface area contributed by atoms with E-state index in [4.69, 9.17) is 9.47 Å². The average molecular weight is 955 g/mol. The fourth-order valence-electron chi connectivity index (χ4n) is 10.00. The number of fused-ring (bicyclic) bond motifs is 1. The molecule has 1 aromatic rings. The van der Waals surface area contributed by atoms with Gasteiger partial charge in [-0.05, 0) is 61.0 Å². The van der Waals surface area contributed by atoms with E-state index in [0.717, 1.165) is 11.3 Å². The number of hydrogen-bond acceptors (Lipinski definition) is 10. The van der Waals surface area contributed by atoms with Crippen molar-refractivity contribution in [3.8, 4) is 0 Å². The van der Waals surface area contributed by atoms with Crippen molar-refractivity contribution in [1.29, 1.82) is 0 Å². The van der Waals surface area contributed by atoms with Crippen LogP contribution in [0, 0.1) is 35.4 Å². The highest BCUT2D eigenvalue weighted by Crippen LogP contribution is 2.50. The van der Waals surface area contributed by atoms with E-state index in [1.807, 2.05) is 41.5 Å². The van der Waals surface area contributed by atoms with Crippen LogP contribution in [-0.2, 0) is 54.3 Å². The fraction of sp³-hybridized carbons (Fsp3) is 0.680. The van der Waals surface area contributed by atoms with E-state index in [2.05, 4.69) is 10.6 Å². The van der Waals surface area contributed by atoms with Crippen LogP contribution in [0.3, 0.4) is 0 Å². The summed E-state index contributed by atoms with van der Waals surface area (Å²) >= 11 is 0. The number of aliphatic carboxylic acids is 1. The van der Waals surface area contributed by atoms with Crippen molar-refractivity contribution >= 4 is 47.3 Å². The zero-order valence-electron chi connectivity index (χ0n) is 41.7. The lowest BCUT2D eigenvalue weighted by atomic mass is 9.89. The lowest BCUT2D eigenvalue weighted by Gasteiger charge is -2.41. The molecule has 18 heteroatoms. The van der Waals surface area contributed by atoms with E-state index < -0.39 is 71.9 Å². The molecule has 0 spiro atoms. The van der Waals surface area contributed by atoms with Gasteiger partial charge in [-0.2, -0.15) is 0 Å². The summed E-state index contributed by atoms with van der Waals surface area (Å²) in [4.78, 5) is 112. The Balaban J connectivity index is 1.44. The van der Waals surface area contributed by atoms with Gasteiger partial charge in [0.05, 0.1) is 36.6 Å². The standard InChI is InChI=1S/C50H75FN6O11/c1-12-30(6)45(55(9)49(64)43(28(2)3)53-48(63)44(29(4)5)54(8)39(58)20-14-13-17-23-56-40(59)21-22-41(56)60)38(67-10)27-42(61)57-36-25-33(36)26-37(57)46(68-11)31(7)47(62)52-35(50(65)66)24-32-18-15-16-19-34(32)51/h15-16,18-19,21-22,28-31,33,35-38,43-46H,12-14,17,20,23-27H2,1-11H3,(H,52,62)(H,53,63)(H,65,66)/t30-,31+,33?,35?,36?,37-,38+,43-,44-,45?,46+/m0/s1. The molecule has 2 fully saturated rings. The first-order chi connectivity index (χ1) is 32.1. The van der Waals surface area contributed by atoms with Gasteiger partial charge in [0, 0.05) is 65.9 Å². The highest BCUT2D eigenvalue weighted by atomic mass is 19.1. The van der Waals surface area contributed by atoms with Gasteiger partial charge >= 0.3 is 5.97 Å². The molecule has 68 heavy (non-hydrogen) atoms. The number of unbranched alkanes of at least 4 members (excludes halogenated alkanes) is 2. The maximum absolute atomic E-state index is 14.6. The van der Waals surface area contributed by atoms with Gasteiger partial charge in [0.25, 0.3) is 11.8 Å². The normalized spacial score (nSPS) is 21.1. The second-order valence-electron chi connectivity index (χ2n) is 19.6. The minimum absolute atomic E-state index is 0.0805. The number of carbonyl (C=O) groups is 8. The minimum atomic E-state index is -1.40. The molecule has 17 nitrogen and oxygen atoms in total. The summed E-state index contributed by atoms with van der Waals surface area (Å²) in [7, 11) is 6.16. The molecule has 2 aliphatic heterocycles. The maximum atomic E-state index is 14.6. The van der Waals surface area contributed by atoms with Crippen molar-refractivity contribution in [3.63, 3.8) is 0 Å². The third kappa shape index (κ3) is 13.5. The van der Waals surface area contributed by atoms with Crippen LogP contribution in [0.25, 0.3) is 0 Å². The monoisotopic (exact) mass is 955 g/mol. The number of carboxylic acids is 1. The lowest BCUT2D eigenvalue weighted by molar-refractivity contribution is -0.149. The van der Waals surface area contributed by atoms with Crippen molar-refractivity contribution in [3.05, 3.63) is 47.8 Å². The molecule has 7 amide bonds. The SMILES string of the molecule is CC[C@H](C)C([C@@H](CC(=O)N1C2CC2C[C@H]1[C@H](OC)[C@@H](C)C(=O)NC(Cc1ccccc1F)C(=O)O)OC)N(C)C(=O)[C@@H](NC(=O)[C@H](C(C)C)N(C)C(=O)CCCCCN1C(=O)C=CC1=O)C(C)C. The van der Waals surface area contributed by atoms with Crippen LogP contribution in [0.1, 0.15) is 105 Å². The Labute approximate surface area is 400 Å². The van der Waals surface area contributed by atoms with Crippen LogP contribution in [-0.4, -0.2) is 155 Å². The third-order valence-electron chi connectivity index (χ3n) is 14.2. The molecule has 1 saturated carbocycles. The Kier molecular flexibility index (Phi) is 20.3. The molecule has 0 radical (unpaired) electrons. The highest BCUT2D eigenvalue weighted by Gasteiger charge is 2.57. The van der Waals surface area contributed by atoms with Crippen LogP contribution < -0.4 is 10.6 Å². The Morgan fingerprint density at radius 3 is 2.06 bits per heavy atom. The molecule has 4 unspecified atom stereocenters. The summed E-state index contributed by atoms with van der Waals surface area (Å²) in [5, 5.41) is 15.5. The number of carbonyl (C=O) groups excluding carboxylic acids is 7. The molecule has 0 aromatic heterocycles. The first-order valence-corrected chi connectivity index (χ1v) is 24.1. The first kappa shape index (κ1) is 55.4. The number of likely N-dealkylation sites (tertiary alicyclic amines) is 1. The lowest BCUT2D eigenvalue weighted by Crippen LogP contribution is -2.60. The quantitative estimate of drug-likeness (QED) is 0.0849. The van der Waals surface area contributed by atoms with E-state index in [9.17, 15) is 47.9 Å². The molecule has 3 N–H and O–H groups in total. The largest absolute Gasteiger partial charge is 0.480 e. The van der Waals surface area contributed by atoms with E-state index in [-0.39, 0.29) is 90.6 Å². The topological polar surface area (TPSA) is 212 Å². The number of halogens is 1. The van der Waals surface area contributed by atoms with Crippen molar-refractivity contribution in [2.24, 2.45) is 29.6 Å². The Morgan fingerprint density at radius 2 is 1.50 bits per heavy atom. The van der Waals surface area contributed by atoms with E-state index >= 15 is 0 Å². The van der Waals surface area contributed by atoms with Crippen LogP contribution >= 0.6 is 0 Å². The number of methoxy groups -OCH3 is 2. The molecular formula is C50H75FN6O11. The molecule has 2 heterocycles. The molecule has 11 atom stereocenters. The first-order valence-electron chi connectivity index (χ1n) is 24.1. The fourth-order valence-corrected chi connectivity index (χ4v) is 10.00. The highest BCUT2D eigenvalue weighted by molar-refractivity contribution is 6.12. The van der Waals surface area contributed by atoms with Gasteiger partial charge in [-0.15, -0.1) is 0 Å². The van der Waals surface area contributed by atoms with Crippen molar-refractivity contribution in [1.82, 2.24) is 30.2 Å². The van der Waals surface area contributed by atoms with Gasteiger partial charge in [-0.25, -0.2) is 9.18 Å². The second-order valence-corrected chi connectivity index (χ2v) is 19.6. The molecule has 4 rings (SSSR count). The van der Waals surface area contributed by atoms with Gasteiger partial charge in [-0.3, -0.25) is 38.5 Å². The predicted octanol–water partition coefficient (Wildman–Crippen LogP) is 3.97. The molecule has 3 aliphatic rings. The van der Waals surface area contributed by atoms with Crippen LogP contribution in [0.4, 0.5) is 4.39 Å². The van der Waals surface area contributed by atoms with Crippen LogP contribution in [0.15, 0.2) is 36.4 Å². The number of nitrogens with zero attached hydrogens (tertiary/aromatic N) is 4. The van der Waals surface area contributed by atoms with Crippen molar-refractivity contribution in [2.45, 2.75) is 155 Å². The van der Waals surface area contributed by atoms with Gasteiger partial charge in [0.2, 0.25) is 29.5 Å². The number of ether oxygens (including phenoxy) is 2. The zero-order chi connectivity index (χ0) is 50.7. The molecule has 1 saturated heterocycles. The Bertz CT molecular complexity index is 2000. The van der Waals surface area contributed by atoms with Crippen molar-refractivity contribution in [2.75, 3.05) is 34.9 Å². The second kappa shape index (κ2) is 24.9. The number of imide groups is 1. The zero-order valence-corrected chi connectivity index (χ0v) is 41.7. The van der Waals surface area contributed by atoms with Gasteiger partial charge in [-0.1, -0.05) is 79.5 Å². The number of piperidine rings is 1. The maximum Gasteiger partial charge on any atom is 0.326 e. The number of carboxylic acid groups (broad SMARTS) is 1. The Morgan fingerprint density at radius 1 is 0.853 bits per heavy atom. The van der Waals surface area contributed by atoms with E-state index in [1.54, 1.807) is 36.9 Å². The number of likely N-dealkylation sites (N-methyl/N-ethyl adjacent to an activating group) is 2. The summed E-state index contributed by atoms with van der Waals surface area (Å²) in [5.41, 5.74) is 0.147. The number of nitrogens with one attached hydrogen (secondary N) is 2. The summed E-state index contributed by atoms with van der Waals surface area (Å²) in [6.07, 6.45) is 4.31. The number of benzene rings is 1. The smallest absolute Gasteiger partial charge is 0.326 e. The summed E-state index contributed by atoms with van der Waals surface area (Å²) in [6.45, 7) is 13.1. The number of hydrogen-bond donors (Lipinski definition) is 3. The van der Waals surface area contributed by atoms with Crippen LogP contribution in [0.5, 0.6) is 0 Å². The summed E-state index contributed by atoms with van der Waals surface area (Å²) in [5.74, 6) is -6.07.